The Morgan fingerprint density at radius 1 is 1.57 bits per heavy atom. The molecule has 3 unspecified atom stereocenters. The number of nitrogens with one attached hydrogen (secondary N) is 1. The topological polar surface area (TPSA) is 86.1 Å². The number of nitrogens with zero attached hydrogens (tertiary/aromatic N) is 1. The summed E-state index contributed by atoms with van der Waals surface area (Å²) in [6.45, 7) is 12.8. The van der Waals surface area contributed by atoms with Crippen molar-refractivity contribution in [2.75, 3.05) is 6.54 Å². The zero-order chi connectivity index (χ0) is 17.0. The van der Waals surface area contributed by atoms with Crippen molar-refractivity contribution in [3.8, 4) is 0 Å². The van der Waals surface area contributed by atoms with Crippen molar-refractivity contribution in [2.45, 2.75) is 50.9 Å². The third-order valence-electron chi connectivity index (χ3n) is 4.16. The van der Waals surface area contributed by atoms with Gasteiger partial charge in [-0.15, -0.1) is 0 Å². The van der Waals surface area contributed by atoms with E-state index in [1.54, 1.807) is 6.92 Å². The molecular weight excluding hydrogens is 300 g/mol. The van der Waals surface area contributed by atoms with E-state index in [0.29, 0.717) is 37.8 Å². The summed E-state index contributed by atoms with van der Waals surface area (Å²) in [5, 5.41) is 2.62. The van der Waals surface area contributed by atoms with E-state index in [2.05, 4.69) is 16.7 Å². The Hall–Kier alpha value is -2.36. The van der Waals surface area contributed by atoms with Crippen LogP contribution in [0.25, 0.3) is 4.85 Å². The third-order valence-corrected chi connectivity index (χ3v) is 4.16. The van der Waals surface area contributed by atoms with Gasteiger partial charge in [-0.05, 0) is 19.8 Å². The van der Waals surface area contributed by atoms with Gasteiger partial charge in [-0.3, -0.25) is 19.2 Å². The lowest BCUT2D eigenvalue weighted by Gasteiger charge is -2.28. The first kappa shape index (κ1) is 17.0. The molecule has 2 aliphatic rings. The molecule has 1 aliphatic carbocycles. The summed E-state index contributed by atoms with van der Waals surface area (Å²) in [7, 11) is 0. The summed E-state index contributed by atoms with van der Waals surface area (Å²) in [4.78, 5) is 38.3. The highest BCUT2D eigenvalue weighted by Gasteiger charge is 2.60. The highest BCUT2D eigenvalue weighted by molar-refractivity contribution is 5.92. The van der Waals surface area contributed by atoms with Crippen molar-refractivity contribution in [1.29, 1.82) is 0 Å². The number of ether oxygens (including phenoxy) is 2. The van der Waals surface area contributed by atoms with E-state index in [1.807, 2.05) is 0 Å². The van der Waals surface area contributed by atoms with E-state index in [1.165, 1.54) is 0 Å². The molecule has 7 heteroatoms. The number of rotatable bonds is 6. The molecule has 1 aliphatic heterocycles. The molecule has 0 aromatic carbocycles. The monoisotopic (exact) mass is 320 g/mol. The van der Waals surface area contributed by atoms with Gasteiger partial charge in [0.25, 0.3) is 0 Å². The van der Waals surface area contributed by atoms with Crippen molar-refractivity contribution in [2.24, 2.45) is 5.92 Å². The Morgan fingerprint density at radius 2 is 2.30 bits per heavy atom. The van der Waals surface area contributed by atoms with Crippen LogP contribution < -0.4 is 5.32 Å². The van der Waals surface area contributed by atoms with Gasteiger partial charge in [0.1, 0.15) is 0 Å². The number of carbonyl (C=O) groups is 3. The van der Waals surface area contributed by atoms with Crippen molar-refractivity contribution in [3.05, 3.63) is 23.6 Å². The lowest BCUT2D eigenvalue weighted by Crippen LogP contribution is -2.45. The van der Waals surface area contributed by atoms with Crippen LogP contribution in [-0.4, -0.2) is 36.2 Å². The fourth-order valence-electron chi connectivity index (χ4n) is 2.79. The molecule has 23 heavy (non-hydrogen) atoms. The second kappa shape index (κ2) is 6.82. The van der Waals surface area contributed by atoms with Crippen LogP contribution in [0.2, 0.25) is 0 Å². The molecule has 0 aromatic rings. The molecule has 124 valence electrons. The van der Waals surface area contributed by atoms with Gasteiger partial charge in [-0.25, -0.2) is 6.57 Å². The molecule has 0 aromatic heterocycles. The average molecular weight is 320 g/mol. The standard InChI is InChI=1S/C16H20N2O5/c1-10(2)14(20)18-8-4-5-13(19)23-16(17-3)7-6-11-9-12(16)22-15(11)21/h11-12H,1,4-9H2,2H3,(H,18,20). The number of carbonyl (C=O) groups excluding carboxylic acids is 3. The summed E-state index contributed by atoms with van der Waals surface area (Å²) in [5.41, 5.74) is -0.986. The van der Waals surface area contributed by atoms with E-state index < -0.39 is 17.8 Å². The lowest BCUT2D eigenvalue weighted by atomic mass is 9.84. The molecule has 0 radical (unpaired) electrons. The number of amides is 1. The van der Waals surface area contributed by atoms with Gasteiger partial charge in [0.2, 0.25) is 12.0 Å². The Morgan fingerprint density at radius 3 is 2.96 bits per heavy atom. The van der Waals surface area contributed by atoms with Crippen LogP contribution in [0.5, 0.6) is 0 Å². The van der Waals surface area contributed by atoms with Gasteiger partial charge < -0.3 is 14.8 Å². The second-order valence-corrected chi connectivity index (χ2v) is 5.97. The third kappa shape index (κ3) is 3.70. The molecule has 1 amide bonds. The van der Waals surface area contributed by atoms with Crippen LogP contribution in [0.3, 0.4) is 0 Å². The van der Waals surface area contributed by atoms with Crippen molar-refractivity contribution >= 4 is 17.8 Å². The van der Waals surface area contributed by atoms with Crippen molar-refractivity contribution < 1.29 is 23.9 Å². The maximum Gasteiger partial charge on any atom is 0.414 e. The normalized spacial score (nSPS) is 28.4. The van der Waals surface area contributed by atoms with E-state index in [-0.39, 0.29) is 24.2 Å². The molecule has 1 N–H and O–H groups in total. The first-order chi connectivity index (χ1) is 10.9. The fraction of sp³-hybridized carbons (Fsp3) is 0.625. The maximum absolute atomic E-state index is 12.0. The van der Waals surface area contributed by atoms with Gasteiger partial charge in [0.05, 0.1) is 12.3 Å². The number of fused-ring (bicyclic) bond motifs is 2. The quantitative estimate of drug-likeness (QED) is 0.345. The molecule has 7 nitrogen and oxygen atoms in total. The van der Waals surface area contributed by atoms with Crippen molar-refractivity contribution in [1.82, 2.24) is 5.32 Å². The van der Waals surface area contributed by atoms with Crippen LogP contribution in [0.1, 0.15) is 39.0 Å². The Bertz CT molecular complexity index is 580. The first-order valence-electron chi connectivity index (χ1n) is 7.62. The number of hydrogen-bond acceptors (Lipinski definition) is 5. The molecule has 1 saturated heterocycles. The van der Waals surface area contributed by atoms with E-state index in [0.717, 1.165) is 0 Å². The molecule has 1 saturated carbocycles. The van der Waals surface area contributed by atoms with E-state index in [9.17, 15) is 14.4 Å². The minimum Gasteiger partial charge on any atom is -0.449 e. The summed E-state index contributed by atoms with van der Waals surface area (Å²) in [6, 6.07) is 0. The summed E-state index contributed by atoms with van der Waals surface area (Å²) >= 11 is 0. The van der Waals surface area contributed by atoms with Gasteiger partial charge in [-0.1, -0.05) is 6.58 Å². The van der Waals surface area contributed by atoms with Gasteiger partial charge in [-0.2, -0.15) is 0 Å². The Kier molecular flexibility index (Phi) is 5.04. The zero-order valence-electron chi connectivity index (χ0n) is 13.1. The fourth-order valence-corrected chi connectivity index (χ4v) is 2.79. The van der Waals surface area contributed by atoms with Crippen LogP contribution >= 0.6 is 0 Å². The number of esters is 2. The SMILES string of the molecule is [C-]#[N+]C1(OC(=O)CCCNC(=O)C(=C)C)CCC2CC1OC2=O. The van der Waals surface area contributed by atoms with Crippen LogP contribution in [-0.2, 0) is 23.9 Å². The molecule has 2 rings (SSSR count). The minimum atomic E-state index is -1.39. The molecule has 1 heterocycles. The molecule has 0 spiro atoms. The Balaban J connectivity index is 1.82. The van der Waals surface area contributed by atoms with Crippen LogP contribution in [0.15, 0.2) is 12.2 Å². The van der Waals surface area contributed by atoms with Crippen molar-refractivity contribution in [3.63, 3.8) is 0 Å². The zero-order valence-corrected chi connectivity index (χ0v) is 13.1. The van der Waals surface area contributed by atoms with Crippen LogP contribution in [0.4, 0.5) is 0 Å². The minimum absolute atomic E-state index is 0.0812. The van der Waals surface area contributed by atoms with Gasteiger partial charge in [0, 0.05) is 25.0 Å². The molecule has 2 bridgehead atoms. The molecule has 3 atom stereocenters. The smallest absolute Gasteiger partial charge is 0.414 e. The lowest BCUT2D eigenvalue weighted by molar-refractivity contribution is -0.172. The van der Waals surface area contributed by atoms with E-state index in [4.69, 9.17) is 16.0 Å². The Labute approximate surface area is 134 Å². The van der Waals surface area contributed by atoms with E-state index >= 15 is 0 Å². The average Bonchev–Trinajstić information content (AvgIpc) is 2.84. The second-order valence-electron chi connectivity index (χ2n) is 5.97. The summed E-state index contributed by atoms with van der Waals surface area (Å²) in [5.74, 6) is -1.26. The largest absolute Gasteiger partial charge is 0.449 e. The highest BCUT2D eigenvalue weighted by atomic mass is 16.6. The summed E-state index contributed by atoms with van der Waals surface area (Å²) < 4.78 is 10.5. The van der Waals surface area contributed by atoms with Crippen LogP contribution in [0, 0.1) is 12.5 Å². The highest BCUT2D eigenvalue weighted by Crippen LogP contribution is 2.43. The summed E-state index contributed by atoms with van der Waals surface area (Å²) in [6.07, 6.45) is 1.06. The predicted octanol–water partition coefficient (Wildman–Crippen LogP) is 1.34. The van der Waals surface area contributed by atoms with Gasteiger partial charge in [0.15, 0.2) is 0 Å². The maximum atomic E-state index is 12.0. The first-order valence-corrected chi connectivity index (χ1v) is 7.62. The van der Waals surface area contributed by atoms with Gasteiger partial charge >= 0.3 is 17.7 Å². The predicted molar refractivity (Wildman–Crippen MR) is 79.7 cm³/mol. The molecular formula is C16H20N2O5. The number of hydrogen-bond donors (Lipinski definition) is 1. The molecule has 2 fully saturated rings.